The van der Waals surface area contributed by atoms with Gasteiger partial charge in [-0.05, 0) is 97.8 Å². The molecule has 0 saturated carbocycles. The number of benzene rings is 3. The number of hydrogen-bond acceptors (Lipinski definition) is 6. The van der Waals surface area contributed by atoms with Crippen molar-refractivity contribution in [2.24, 2.45) is 0 Å². The number of unbranched alkanes of at least 4 members (excludes halogenated alkanes) is 3. The summed E-state index contributed by atoms with van der Waals surface area (Å²) in [5.74, 6) is 0.749. The molecule has 0 bridgehead atoms. The van der Waals surface area contributed by atoms with E-state index in [0.717, 1.165) is 42.4 Å². The van der Waals surface area contributed by atoms with Gasteiger partial charge in [-0.3, -0.25) is 4.79 Å². The van der Waals surface area contributed by atoms with Gasteiger partial charge in [-0.15, -0.1) is 11.6 Å². The predicted octanol–water partition coefficient (Wildman–Crippen LogP) is 6.86. The Kier molecular flexibility index (Phi) is 11.0. The van der Waals surface area contributed by atoms with Gasteiger partial charge in [-0.1, -0.05) is 18.2 Å². The number of esters is 2. The topological polar surface area (TPSA) is 85.6 Å². The maximum atomic E-state index is 12.6. The average molecular weight is 520 g/mol. The number of alkyl halides is 1. The van der Waals surface area contributed by atoms with Crippen molar-refractivity contribution in [2.45, 2.75) is 39.0 Å². The second kappa shape index (κ2) is 14.7. The lowest BCUT2D eigenvalue weighted by Crippen LogP contribution is -2.08. The normalized spacial score (nSPS) is 10.4. The second-order valence-corrected chi connectivity index (χ2v) is 8.88. The van der Waals surface area contributed by atoms with Crippen LogP contribution < -0.4 is 9.47 Å². The Balaban J connectivity index is 1.41. The maximum Gasteiger partial charge on any atom is 0.343 e. The molecule has 0 heterocycles. The number of rotatable bonds is 13. The van der Waals surface area contributed by atoms with E-state index < -0.39 is 5.97 Å². The first-order valence-corrected chi connectivity index (χ1v) is 12.8. The Labute approximate surface area is 222 Å². The van der Waals surface area contributed by atoms with Crippen LogP contribution in [0, 0.1) is 18.3 Å². The van der Waals surface area contributed by atoms with Gasteiger partial charge in [0.05, 0.1) is 36.8 Å². The zero-order valence-corrected chi connectivity index (χ0v) is 21.6. The lowest BCUT2D eigenvalue weighted by atomic mass is 9.99. The molecule has 6 nitrogen and oxygen atoms in total. The van der Waals surface area contributed by atoms with Crippen LogP contribution in [0.5, 0.6) is 11.5 Å². The van der Waals surface area contributed by atoms with E-state index in [9.17, 15) is 9.59 Å². The Morgan fingerprint density at radius 3 is 2.19 bits per heavy atom. The number of nitrogens with zero attached hydrogens (tertiary/aromatic N) is 1. The Bertz CT molecular complexity index is 1220. The van der Waals surface area contributed by atoms with Crippen molar-refractivity contribution in [3.05, 3.63) is 83.4 Å². The van der Waals surface area contributed by atoms with E-state index in [1.165, 1.54) is 0 Å². The van der Waals surface area contributed by atoms with Crippen molar-refractivity contribution < 1.29 is 23.8 Å². The minimum Gasteiger partial charge on any atom is -0.494 e. The SMILES string of the molecule is Cc1cc(OC(=O)c2ccc(OCCCCCCOC(=O)CCCl)cc2)ccc1-c1ccc(C#N)cc1. The van der Waals surface area contributed by atoms with Crippen molar-refractivity contribution in [1.82, 2.24) is 0 Å². The van der Waals surface area contributed by atoms with Crippen LogP contribution in [0.3, 0.4) is 0 Å². The van der Waals surface area contributed by atoms with Crippen LogP contribution in [0.1, 0.15) is 53.6 Å². The van der Waals surface area contributed by atoms with Crippen LogP contribution in [0.15, 0.2) is 66.7 Å². The molecule has 3 aromatic carbocycles. The fourth-order valence-corrected chi connectivity index (χ4v) is 3.84. The Hall–Kier alpha value is -3.82. The van der Waals surface area contributed by atoms with Gasteiger partial charge in [0.2, 0.25) is 0 Å². The number of aryl methyl sites for hydroxylation is 1. The zero-order chi connectivity index (χ0) is 26.5. The molecule has 0 aliphatic heterocycles. The van der Waals surface area contributed by atoms with E-state index in [4.69, 9.17) is 31.1 Å². The molecular weight excluding hydrogens is 490 g/mol. The molecule has 0 aliphatic rings. The van der Waals surface area contributed by atoms with Gasteiger partial charge in [0.15, 0.2) is 0 Å². The quantitative estimate of drug-likeness (QED) is 0.106. The van der Waals surface area contributed by atoms with Crippen LogP contribution in [0.2, 0.25) is 0 Å². The minimum atomic E-state index is -0.441. The summed E-state index contributed by atoms with van der Waals surface area (Å²) in [6, 6.07) is 21.9. The number of carbonyl (C=O) groups excluding carboxylic acids is 2. The van der Waals surface area contributed by atoms with E-state index in [1.807, 2.05) is 31.2 Å². The van der Waals surface area contributed by atoms with Gasteiger partial charge in [0.25, 0.3) is 0 Å². The fourth-order valence-electron chi connectivity index (χ4n) is 3.68. The summed E-state index contributed by atoms with van der Waals surface area (Å²) in [5, 5.41) is 8.97. The molecule has 0 radical (unpaired) electrons. The Morgan fingerprint density at radius 2 is 1.54 bits per heavy atom. The van der Waals surface area contributed by atoms with Crippen LogP contribution in [0.4, 0.5) is 0 Å². The highest BCUT2D eigenvalue weighted by Gasteiger charge is 2.11. The molecule has 0 saturated heterocycles. The molecule has 0 atom stereocenters. The summed E-state index contributed by atoms with van der Waals surface area (Å²) in [5.41, 5.74) is 4.01. The van der Waals surface area contributed by atoms with Gasteiger partial charge in [-0.2, -0.15) is 5.26 Å². The zero-order valence-electron chi connectivity index (χ0n) is 20.9. The largest absolute Gasteiger partial charge is 0.494 e. The number of halogens is 1. The molecular formula is C30H30ClNO5. The third-order valence-electron chi connectivity index (χ3n) is 5.69. The van der Waals surface area contributed by atoms with Crippen molar-refractivity contribution in [2.75, 3.05) is 19.1 Å². The highest BCUT2D eigenvalue weighted by molar-refractivity contribution is 6.18. The third-order valence-corrected chi connectivity index (χ3v) is 5.88. The van der Waals surface area contributed by atoms with E-state index in [0.29, 0.717) is 35.8 Å². The van der Waals surface area contributed by atoms with Gasteiger partial charge in [0, 0.05) is 5.88 Å². The van der Waals surface area contributed by atoms with Crippen molar-refractivity contribution >= 4 is 23.5 Å². The van der Waals surface area contributed by atoms with Crippen LogP contribution in [-0.2, 0) is 9.53 Å². The number of carbonyl (C=O) groups is 2. The second-order valence-electron chi connectivity index (χ2n) is 8.50. The summed E-state index contributed by atoms with van der Waals surface area (Å²) in [4.78, 5) is 23.8. The third kappa shape index (κ3) is 8.96. The van der Waals surface area contributed by atoms with Crippen LogP contribution in [-0.4, -0.2) is 31.0 Å². The summed E-state index contributed by atoms with van der Waals surface area (Å²) in [6.07, 6.45) is 3.89. The van der Waals surface area contributed by atoms with Crippen molar-refractivity contribution in [3.8, 4) is 28.7 Å². The predicted molar refractivity (Wildman–Crippen MR) is 143 cm³/mol. The first kappa shape index (κ1) is 27.8. The van der Waals surface area contributed by atoms with Gasteiger partial charge < -0.3 is 14.2 Å². The molecule has 192 valence electrons. The molecule has 7 heteroatoms. The van der Waals surface area contributed by atoms with E-state index in [-0.39, 0.29) is 18.3 Å². The Morgan fingerprint density at radius 1 is 0.865 bits per heavy atom. The number of ether oxygens (including phenoxy) is 3. The molecule has 0 fully saturated rings. The average Bonchev–Trinajstić information content (AvgIpc) is 2.91. The molecule has 0 unspecified atom stereocenters. The van der Waals surface area contributed by atoms with Gasteiger partial charge in [0.1, 0.15) is 11.5 Å². The van der Waals surface area contributed by atoms with E-state index in [1.54, 1.807) is 42.5 Å². The number of nitriles is 1. The smallest absolute Gasteiger partial charge is 0.343 e. The van der Waals surface area contributed by atoms with Crippen molar-refractivity contribution in [1.29, 1.82) is 5.26 Å². The highest BCUT2D eigenvalue weighted by Crippen LogP contribution is 2.27. The maximum absolute atomic E-state index is 12.6. The molecule has 0 N–H and O–H groups in total. The summed E-state index contributed by atoms with van der Waals surface area (Å²) < 4.78 is 16.4. The molecule has 0 aliphatic carbocycles. The van der Waals surface area contributed by atoms with E-state index in [2.05, 4.69) is 6.07 Å². The molecule has 3 aromatic rings. The molecule has 0 aromatic heterocycles. The summed E-state index contributed by atoms with van der Waals surface area (Å²) >= 11 is 5.49. The summed E-state index contributed by atoms with van der Waals surface area (Å²) in [6.45, 7) is 2.95. The monoisotopic (exact) mass is 519 g/mol. The van der Waals surface area contributed by atoms with E-state index >= 15 is 0 Å². The first-order valence-electron chi connectivity index (χ1n) is 12.3. The molecule has 3 rings (SSSR count). The molecule has 37 heavy (non-hydrogen) atoms. The minimum absolute atomic E-state index is 0.250. The highest BCUT2D eigenvalue weighted by atomic mass is 35.5. The molecule has 0 amide bonds. The lowest BCUT2D eigenvalue weighted by Gasteiger charge is -2.10. The van der Waals surface area contributed by atoms with Gasteiger partial charge >= 0.3 is 11.9 Å². The standard InChI is InChI=1S/C30H30ClNO5/c1-22-20-27(14-15-28(22)24-8-6-23(21-32)7-9-24)37-30(34)25-10-12-26(13-11-25)35-18-4-2-3-5-19-36-29(33)16-17-31/h6-15,20H,2-5,16-19H2,1H3. The van der Waals surface area contributed by atoms with Crippen LogP contribution in [0.25, 0.3) is 11.1 Å². The van der Waals surface area contributed by atoms with Crippen molar-refractivity contribution in [3.63, 3.8) is 0 Å². The van der Waals surface area contributed by atoms with Gasteiger partial charge in [-0.25, -0.2) is 4.79 Å². The lowest BCUT2D eigenvalue weighted by molar-refractivity contribution is -0.143. The fraction of sp³-hybridized carbons (Fsp3) is 0.300. The van der Waals surface area contributed by atoms with Crippen LogP contribution >= 0.6 is 11.6 Å². The molecule has 0 spiro atoms. The first-order chi connectivity index (χ1) is 18.0. The number of hydrogen-bond donors (Lipinski definition) is 0. The summed E-state index contributed by atoms with van der Waals surface area (Å²) in [7, 11) is 0.